The molecule has 1 N–H and O–H groups in total. The molecule has 0 aliphatic heterocycles. The van der Waals surface area contributed by atoms with Crippen molar-refractivity contribution in [2.75, 3.05) is 34.2 Å². The summed E-state index contributed by atoms with van der Waals surface area (Å²) in [5, 5.41) is 3.36. The minimum Gasteiger partial charge on any atom is -0.348 e. The van der Waals surface area contributed by atoms with Crippen molar-refractivity contribution in [2.24, 2.45) is 0 Å². The standard InChI is InChI=1S/C14H29N3O/c1-5-10-17(11-14(18)16(3)4)13-8-6-12(15-2)7-9-13/h12-13,15H,5-11H2,1-4H3. The van der Waals surface area contributed by atoms with Crippen LogP contribution in [0.5, 0.6) is 0 Å². The highest BCUT2D eigenvalue weighted by Crippen LogP contribution is 2.23. The molecule has 0 aromatic heterocycles. The maximum atomic E-state index is 11.9. The third kappa shape index (κ3) is 4.58. The summed E-state index contributed by atoms with van der Waals surface area (Å²) in [6, 6.07) is 1.27. The second-order valence-electron chi connectivity index (χ2n) is 5.55. The number of carbonyl (C=O) groups is 1. The number of hydrogen-bond acceptors (Lipinski definition) is 3. The van der Waals surface area contributed by atoms with Crippen LogP contribution in [0, 0.1) is 0 Å². The van der Waals surface area contributed by atoms with Crippen LogP contribution in [0.15, 0.2) is 0 Å². The van der Waals surface area contributed by atoms with E-state index in [2.05, 4.69) is 17.1 Å². The Bertz CT molecular complexity index is 247. The van der Waals surface area contributed by atoms with Crippen LogP contribution in [0.2, 0.25) is 0 Å². The van der Waals surface area contributed by atoms with Gasteiger partial charge in [-0.3, -0.25) is 9.69 Å². The van der Waals surface area contributed by atoms with E-state index in [0.717, 1.165) is 13.0 Å². The van der Waals surface area contributed by atoms with Gasteiger partial charge in [0.2, 0.25) is 5.91 Å². The minimum absolute atomic E-state index is 0.221. The minimum atomic E-state index is 0.221. The number of nitrogens with zero attached hydrogens (tertiary/aromatic N) is 2. The molecule has 0 aromatic carbocycles. The van der Waals surface area contributed by atoms with Crippen molar-refractivity contribution < 1.29 is 4.79 Å². The number of nitrogens with one attached hydrogen (secondary N) is 1. The molecule has 1 saturated carbocycles. The van der Waals surface area contributed by atoms with Crippen molar-refractivity contribution in [3.63, 3.8) is 0 Å². The van der Waals surface area contributed by atoms with Crippen molar-refractivity contribution in [3.05, 3.63) is 0 Å². The summed E-state index contributed by atoms with van der Waals surface area (Å²) in [5.41, 5.74) is 0. The van der Waals surface area contributed by atoms with Gasteiger partial charge >= 0.3 is 0 Å². The number of amides is 1. The molecule has 1 aliphatic carbocycles. The first kappa shape index (κ1) is 15.4. The van der Waals surface area contributed by atoms with Gasteiger partial charge in [-0.05, 0) is 45.7 Å². The SMILES string of the molecule is CCCN(CC(=O)N(C)C)C1CCC(NC)CC1. The van der Waals surface area contributed by atoms with Crippen molar-refractivity contribution in [1.82, 2.24) is 15.1 Å². The van der Waals surface area contributed by atoms with Gasteiger partial charge in [-0.1, -0.05) is 6.92 Å². The molecule has 1 fully saturated rings. The molecule has 0 spiro atoms. The molecule has 0 unspecified atom stereocenters. The Morgan fingerprint density at radius 1 is 1.22 bits per heavy atom. The van der Waals surface area contributed by atoms with E-state index in [1.807, 2.05) is 21.1 Å². The van der Waals surface area contributed by atoms with E-state index in [0.29, 0.717) is 18.6 Å². The van der Waals surface area contributed by atoms with Gasteiger partial charge in [0.15, 0.2) is 0 Å². The van der Waals surface area contributed by atoms with E-state index < -0.39 is 0 Å². The van der Waals surface area contributed by atoms with Crippen molar-refractivity contribution in [1.29, 1.82) is 0 Å². The fourth-order valence-corrected chi connectivity index (χ4v) is 2.72. The monoisotopic (exact) mass is 255 g/mol. The van der Waals surface area contributed by atoms with E-state index in [1.54, 1.807) is 4.90 Å². The van der Waals surface area contributed by atoms with Gasteiger partial charge in [-0.2, -0.15) is 0 Å². The Hall–Kier alpha value is -0.610. The molecule has 0 bridgehead atoms. The largest absolute Gasteiger partial charge is 0.348 e. The first-order chi connectivity index (χ1) is 8.58. The fraction of sp³-hybridized carbons (Fsp3) is 0.929. The summed E-state index contributed by atoms with van der Waals surface area (Å²) in [7, 11) is 5.72. The molecule has 0 saturated heterocycles. The molecule has 0 aromatic rings. The normalized spacial score (nSPS) is 24.3. The molecule has 0 radical (unpaired) electrons. The second kappa shape index (κ2) is 7.74. The smallest absolute Gasteiger partial charge is 0.236 e. The first-order valence-electron chi connectivity index (χ1n) is 7.20. The summed E-state index contributed by atoms with van der Waals surface area (Å²) < 4.78 is 0. The zero-order valence-electron chi connectivity index (χ0n) is 12.4. The lowest BCUT2D eigenvalue weighted by atomic mass is 9.90. The maximum absolute atomic E-state index is 11.9. The average Bonchev–Trinajstić information content (AvgIpc) is 2.38. The lowest BCUT2D eigenvalue weighted by Crippen LogP contribution is -2.46. The highest BCUT2D eigenvalue weighted by Gasteiger charge is 2.26. The second-order valence-corrected chi connectivity index (χ2v) is 5.55. The number of likely N-dealkylation sites (N-methyl/N-ethyl adjacent to an activating group) is 1. The predicted molar refractivity (Wildman–Crippen MR) is 75.7 cm³/mol. The maximum Gasteiger partial charge on any atom is 0.236 e. The Morgan fingerprint density at radius 3 is 2.28 bits per heavy atom. The Labute approximate surface area is 112 Å². The molecule has 1 rings (SSSR count). The molecule has 1 amide bonds. The summed E-state index contributed by atoms with van der Waals surface area (Å²) in [4.78, 5) is 15.9. The van der Waals surface area contributed by atoms with E-state index in [9.17, 15) is 4.79 Å². The Morgan fingerprint density at radius 2 is 1.83 bits per heavy atom. The zero-order valence-corrected chi connectivity index (χ0v) is 12.4. The van der Waals surface area contributed by atoms with Gasteiger partial charge in [0.25, 0.3) is 0 Å². The quantitative estimate of drug-likeness (QED) is 0.777. The highest BCUT2D eigenvalue weighted by atomic mass is 16.2. The number of carbonyl (C=O) groups excluding carboxylic acids is 1. The van der Waals surface area contributed by atoms with Gasteiger partial charge in [-0.25, -0.2) is 0 Å². The van der Waals surface area contributed by atoms with Gasteiger partial charge in [0, 0.05) is 26.2 Å². The number of hydrogen-bond donors (Lipinski definition) is 1. The molecule has 0 atom stereocenters. The summed E-state index contributed by atoms with van der Waals surface area (Å²) in [6.07, 6.45) is 6.01. The molecule has 4 nitrogen and oxygen atoms in total. The van der Waals surface area contributed by atoms with Gasteiger partial charge in [0.1, 0.15) is 0 Å². The third-order valence-electron chi connectivity index (χ3n) is 3.97. The number of rotatable bonds is 6. The van der Waals surface area contributed by atoms with E-state index in [1.165, 1.54) is 25.7 Å². The molecular formula is C14H29N3O. The fourth-order valence-electron chi connectivity index (χ4n) is 2.72. The third-order valence-corrected chi connectivity index (χ3v) is 3.97. The van der Waals surface area contributed by atoms with E-state index >= 15 is 0 Å². The van der Waals surface area contributed by atoms with Gasteiger partial charge < -0.3 is 10.2 Å². The lowest BCUT2D eigenvalue weighted by molar-refractivity contribution is -0.130. The van der Waals surface area contributed by atoms with Crippen LogP contribution < -0.4 is 5.32 Å². The van der Waals surface area contributed by atoms with Crippen molar-refractivity contribution >= 4 is 5.91 Å². The van der Waals surface area contributed by atoms with Crippen molar-refractivity contribution in [3.8, 4) is 0 Å². The van der Waals surface area contributed by atoms with Crippen LogP contribution in [0.3, 0.4) is 0 Å². The van der Waals surface area contributed by atoms with Crippen LogP contribution in [0.1, 0.15) is 39.0 Å². The van der Waals surface area contributed by atoms with Crippen LogP contribution >= 0.6 is 0 Å². The van der Waals surface area contributed by atoms with Crippen LogP contribution in [-0.4, -0.2) is 62.0 Å². The van der Waals surface area contributed by atoms with Crippen LogP contribution in [0.25, 0.3) is 0 Å². The van der Waals surface area contributed by atoms with Crippen molar-refractivity contribution in [2.45, 2.75) is 51.1 Å². The Kier molecular flexibility index (Phi) is 6.65. The summed E-state index contributed by atoms with van der Waals surface area (Å²) >= 11 is 0. The molecule has 0 heterocycles. The zero-order chi connectivity index (χ0) is 13.5. The lowest BCUT2D eigenvalue weighted by Gasteiger charge is -2.36. The predicted octanol–water partition coefficient (Wildman–Crippen LogP) is 1.32. The van der Waals surface area contributed by atoms with Crippen LogP contribution in [0.4, 0.5) is 0 Å². The molecular weight excluding hydrogens is 226 g/mol. The van der Waals surface area contributed by atoms with E-state index in [4.69, 9.17) is 0 Å². The first-order valence-corrected chi connectivity index (χ1v) is 7.20. The highest BCUT2D eigenvalue weighted by molar-refractivity contribution is 5.77. The molecule has 106 valence electrons. The molecule has 1 aliphatic rings. The average molecular weight is 255 g/mol. The Balaban J connectivity index is 2.49. The van der Waals surface area contributed by atoms with Gasteiger partial charge in [-0.15, -0.1) is 0 Å². The van der Waals surface area contributed by atoms with Gasteiger partial charge in [0.05, 0.1) is 6.54 Å². The van der Waals surface area contributed by atoms with Crippen LogP contribution in [-0.2, 0) is 4.79 Å². The molecule has 4 heteroatoms. The summed E-state index contributed by atoms with van der Waals surface area (Å²) in [6.45, 7) is 3.80. The van der Waals surface area contributed by atoms with E-state index in [-0.39, 0.29) is 5.91 Å². The molecule has 18 heavy (non-hydrogen) atoms. The topological polar surface area (TPSA) is 35.6 Å². The summed E-state index contributed by atoms with van der Waals surface area (Å²) in [5.74, 6) is 0.221.